The van der Waals surface area contributed by atoms with Crippen LogP contribution in [0.1, 0.15) is 0 Å². The predicted octanol–water partition coefficient (Wildman–Crippen LogP) is -0.590. The van der Waals surface area contributed by atoms with Gasteiger partial charge in [-0.25, -0.2) is 0 Å². The molecule has 0 saturated heterocycles. The number of nitrogens with zero attached hydrogens (tertiary/aromatic N) is 1. The Bertz CT molecular complexity index is 118. The molecule has 0 aliphatic carbocycles. The summed E-state index contributed by atoms with van der Waals surface area (Å²) in [6.45, 7) is 0. The summed E-state index contributed by atoms with van der Waals surface area (Å²) in [6.07, 6.45) is 1.91. The minimum absolute atomic E-state index is 0.462. The molecule has 0 aromatic carbocycles. The predicted molar refractivity (Wildman–Crippen MR) is 31.3 cm³/mol. The van der Waals surface area contributed by atoms with Gasteiger partial charge in [0.2, 0.25) is 0 Å². The summed E-state index contributed by atoms with van der Waals surface area (Å²) in [4.78, 5) is 13.6. The highest BCUT2D eigenvalue weighted by Gasteiger charge is 1.85. The van der Waals surface area contributed by atoms with Crippen molar-refractivity contribution in [3.8, 4) is 0 Å². The van der Waals surface area contributed by atoms with Crippen molar-refractivity contribution < 1.29 is 4.79 Å². The average molecular weight is 113 g/mol. The Morgan fingerprint density at radius 2 is 2.50 bits per heavy atom. The molecule has 8 heavy (non-hydrogen) atoms. The van der Waals surface area contributed by atoms with E-state index in [9.17, 15) is 4.79 Å². The van der Waals surface area contributed by atoms with Crippen LogP contribution in [0.25, 0.3) is 0 Å². The van der Waals surface area contributed by atoms with Gasteiger partial charge in [-0.05, 0) is 0 Å². The van der Waals surface area contributed by atoms with Crippen molar-refractivity contribution in [2.24, 2.45) is 4.99 Å². The molecule has 4 heteroatoms. The van der Waals surface area contributed by atoms with E-state index >= 15 is 0 Å². The van der Waals surface area contributed by atoms with Gasteiger partial charge in [0.25, 0.3) is 5.91 Å². The van der Waals surface area contributed by atoms with Crippen molar-refractivity contribution in [2.75, 3.05) is 7.05 Å². The van der Waals surface area contributed by atoms with Crippen LogP contribution in [0.3, 0.4) is 0 Å². The number of hydrogen-bond acceptors (Lipinski definition) is 3. The highest BCUT2D eigenvalue weighted by Crippen LogP contribution is 1.50. The van der Waals surface area contributed by atoms with Crippen LogP contribution in [0.5, 0.6) is 0 Å². The van der Waals surface area contributed by atoms with E-state index in [1.807, 2.05) is 0 Å². The third-order valence-corrected chi connectivity index (χ3v) is 0.467. The lowest BCUT2D eigenvalue weighted by Crippen LogP contribution is -2.21. The van der Waals surface area contributed by atoms with E-state index in [1.54, 1.807) is 0 Å². The third kappa shape index (κ3) is 3.02. The molecule has 0 aromatic heterocycles. The van der Waals surface area contributed by atoms with Crippen LogP contribution < -0.4 is 5.32 Å². The van der Waals surface area contributed by atoms with Gasteiger partial charge in [-0.1, -0.05) is 0 Å². The normalized spacial score (nSPS) is 9.12. The second kappa shape index (κ2) is 3.98. The molecule has 4 nitrogen and oxygen atoms in total. The molecule has 1 amide bonds. The summed E-state index contributed by atoms with van der Waals surface area (Å²) in [5.74, 6) is -0.462. The maximum absolute atomic E-state index is 10.1. The molecule has 0 bridgehead atoms. The van der Waals surface area contributed by atoms with Crippen LogP contribution in [-0.4, -0.2) is 25.5 Å². The van der Waals surface area contributed by atoms with E-state index in [0.29, 0.717) is 6.21 Å². The fraction of sp³-hybridized carbons (Fsp3) is 0.250. The molecular weight excluding hydrogens is 106 g/mol. The summed E-state index contributed by atoms with van der Waals surface area (Å²) >= 11 is 0. The van der Waals surface area contributed by atoms with E-state index in [2.05, 4.69) is 10.3 Å². The monoisotopic (exact) mass is 113 g/mol. The van der Waals surface area contributed by atoms with Crippen molar-refractivity contribution in [3.63, 3.8) is 0 Å². The van der Waals surface area contributed by atoms with Crippen molar-refractivity contribution >= 4 is 18.5 Å². The van der Waals surface area contributed by atoms with Crippen molar-refractivity contribution in [2.45, 2.75) is 0 Å². The number of rotatable bonds is 2. The number of aliphatic imine (C=N–C) groups is 1. The van der Waals surface area contributed by atoms with E-state index in [-0.39, 0.29) is 0 Å². The molecular formula is C4H7N3O. The second-order valence-corrected chi connectivity index (χ2v) is 1.04. The summed E-state index contributed by atoms with van der Waals surface area (Å²) in [5.41, 5.74) is 0. The highest BCUT2D eigenvalue weighted by atomic mass is 16.1. The Kier molecular flexibility index (Phi) is 3.39. The number of hydrogen-bond donors (Lipinski definition) is 2. The maximum atomic E-state index is 10.1. The fourth-order valence-corrected chi connectivity index (χ4v) is 0.170. The Balaban J connectivity index is 3.39. The van der Waals surface area contributed by atoms with Gasteiger partial charge in [0.15, 0.2) is 0 Å². The maximum Gasteiger partial charge on any atom is 0.266 e. The van der Waals surface area contributed by atoms with E-state index < -0.39 is 5.91 Å². The molecule has 0 radical (unpaired) electrons. The van der Waals surface area contributed by atoms with Crippen LogP contribution in [0.4, 0.5) is 0 Å². The number of carbonyl (C=O) groups is 1. The molecule has 2 N–H and O–H groups in total. The minimum Gasteiger partial charge on any atom is -0.312 e. The Hall–Kier alpha value is -1.19. The summed E-state index contributed by atoms with van der Waals surface area (Å²) in [7, 11) is 1.53. The van der Waals surface area contributed by atoms with Gasteiger partial charge in [-0.2, -0.15) is 0 Å². The van der Waals surface area contributed by atoms with Crippen molar-refractivity contribution in [1.82, 2.24) is 5.32 Å². The molecule has 0 spiro atoms. The molecule has 0 heterocycles. The van der Waals surface area contributed by atoms with Crippen LogP contribution in [-0.2, 0) is 4.79 Å². The van der Waals surface area contributed by atoms with Gasteiger partial charge >= 0.3 is 0 Å². The van der Waals surface area contributed by atoms with Crippen LogP contribution in [0.15, 0.2) is 4.99 Å². The SMILES string of the molecule is CN=CNC(=O)C=N. The first-order chi connectivity index (χ1) is 3.81. The van der Waals surface area contributed by atoms with E-state index in [1.165, 1.54) is 13.4 Å². The molecule has 0 rings (SSSR count). The first-order valence-corrected chi connectivity index (χ1v) is 2.03. The van der Waals surface area contributed by atoms with Crippen molar-refractivity contribution in [3.05, 3.63) is 0 Å². The quantitative estimate of drug-likeness (QED) is 0.365. The van der Waals surface area contributed by atoms with Crippen molar-refractivity contribution in [1.29, 1.82) is 5.41 Å². The van der Waals surface area contributed by atoms with E-state index in [4.69, 9.17) is 5.41 Å². The Morgan fingerprint density at radius 1 is 1.88 bits per heavy atom. The fourth-order valence-electron chi connectivity index (χ4n) is 0.170. The molecule has 0 aromatic rings. The van der Waals surface area contributed by atoms with Gasteiger partial charge < -0.3 is 10.7 Å². The first kappa shape index (κ1) is 6.81. The number of amides is 1. The lowest BCUT2D eigenvalue weighted by molar-refractivity contribution is -0.113. The standard InChI is InChI=1S/C4H7N3O/c1-6-3-7-4(8)2-5/h2-3,5H,1H3,(H,6,7,8). The lowest BCUT2D eigenvalue weighted by Gasteiger charge is -1.85. The molecule has 0 aliphatic rings. The molecule has 0 unspecified atom stereocenters. The lowest BCUT2D eigenvalue weighted by atomic mass is 10.7. The summed E-state index contributed by atoms with van der Waals surface area (Å²) in [5, 5.41) is 8.60. The topological polar surface area (TPSA) is 65.3 Å². The largest absolute Gasteiger partial charge is 0.312 e. The van der Waals surface area contributed by atoms with Crippen LogP contribution in [0, 0.1) is 5.41 Å². The van der Waals surface area contributed by atoms with Gasteiger partial charge in [0, 0.05) is 7.05 Å². The highest BCUT2D eigenvalue weighted by molar-refractivity contribution is 6.27. The molecule has 0 aliphatic heterocycles. The van der Waals surface area contributed by atoms with Gasteiger partial charge in [-0.15, -0.1) is 0 Å². The van der Waals surface area contributed by atoms with Gasteiger partial charge in [0.05, 0.1) is 12.6 Å². The second-order valence-electron chi connectivity index (χ2n) is 1.04. The number of carbonyl (C=O) groups excluding carboxylic acids is 1. The molecule has 44 valence electrons. The van der Waals surface area contributed by atoms with Crippen LogP contribution >= 0.6 is 0 Å². The zero-order chi connectivity index (χ0) is 6.41. The Labute approximate surface area is 47.1 Å². The van der Waals surface area contributed by atoms with E-state index in [0.717, 1.165) is 0 Å². The summed E-state index contributed by atoms with van der Waals surface area (Å²) in [6, 6.07) is 0. The third-order valence-electron chi connectivity index (χ3n) is 0.467. The molecule has 0 atom stereocenters. The summed E-state index contributed by atoms with van der Waals surface area (Å²) < 4.78 is 0. The van der Waals surface area contributed by atoms with Crippen LogP contribution in [0.2, 0.25) is 0 Å². The number of nitrogens with one attached hydrogen (secondary N) is 2. The van der Waals surface area contributed by atoms with Gasteiger partial charge in [0.1, 0.15) is 0 Å². The smallest absolute Gasteiger partial charge is 0.266 e. The van der Waals surface area contributed by atoms with Gasteiger partial charge in [-0.3, -0.25) is 9.79 Å². The minimum atomic E-state index is -0.462. The first-order valence-electron chi connectivity index (χ1n) is 2.03. The Morgan fingerprint density at radius 3 is 2.88 bits per heavy atom. The zero-order valence-corrected chi connectivity index (χ0v) is 4.51. The molecule has 0 fully saturated rings. The molecule has 0 saturated carbocycles. The zero-order valence-electron chi connectivity index (χ0n) is 4.51. The average Bonchev–Trinajstić information content (AvgIpc) is 1.83.